The lowest BCUT2D eigenvalue weighted by molar-refractivity contribution is 0.0698. The van der Waals surface area contributed by atoms with E-state index in [0.717, 1.165) is 11.3 Å². The summed E-state index contributed by atoms with van der Waals surface area (Å²) in [6.45, 7) is 0. The van der Waals surface area contributed by atoms with Crippen LogP contribution in [0.2, 0.25) is 0 Å². The molecular weight excluding hydrogens is 418 g/mol. The first-order valence-corrected chi connectivity index (χ1v) is 9.97. The van der Waals surface area contributed by atoms with Crippen molar-refractivity contribution in [2.24, 2.45) is 0 Å². The van der Waals surface area contributed by atoms with Crippen LogP contribution < -0.4 is 5.32 Å². The van der Waals surface area contributed by atoms with Gasteiger partial charge in [0.1, 0.15) is 20.9 Å². The third-order valence-corrected chi connectivity index (χ3v) is 5.98. The summed E-state index contributed by atoms with van der Waals surface area (Å²) in [6, 6.07) is 1.63. The number of carbonyl (C=O) groups excluding carboxylic acids is 1. The Morgan fingerprint density at radius 3 is 2.79 bits per heavy atom. The van der Waals surface area contributed by atoms with E-state index in [1.165, 1.54) is 11.3 Å². The largest absolute Gasteiger partial charge is 0.478 e. The van der Waals surface area contributed by atoms with Crippen molar-refractivity contribution in [2.45, 2.75) is 0 Å². The van der Waals surface area contributed by atoms with Crippen molar-refractivity contribution in [3.8, 4) is 0 Å². The van der Waals surface area contributed by atoms with Crippen molar-refractivity contribution in [1.29, 1.82) is 0 Å². The molecular formula is C19H10ClN3O3S2. The van der Waals surface area contributed by atoms with Crippen molar-refractivity contribution >= 4 is 67.1 Å². The Morgan fingerprint density at radius 1 is 1.18 bits per heavy atom. The van der Waals surface area contributed by atoms with Gasteiger partial charge in [-0.1, -0.05) is 17.7 Å². The van der Waals surface area contributed by atoms with E-state index < -0.39 is 11.9 Å². The van der Waals surface area contributed by atoms with Gasteiger partial charge in [-0.3, -0.25) is 9.78 Å². The van der Waals surface area contributed by atoms with E-state index in [9.17, 15) is 14.7 Å². The maximum Gasteiger partial charge on any atom is 0.339 e. The fourth-order valence-electron chi connectivity index (χ4n) is 2.57. The van der Waals surface area contributed by atoms with Crippen LogP contribution in [0.5, 0.6) is 0 Å². The van der Waals surface area contributed by atoms with Gasteiger partial charge in [0.2, 0.25) is 0 Å². The summed E-state index contributed by atoms with van der Waals surface area (Å²) in [6.07, 6.45) is 9.71. The molecule has 138 valence electrons. The SMILES string of the molecule is O=C(Nc1scc(C2=CC=C(Cl)C=C=C2)c1C(=O)O)c1cc2nccnc2s1. The summed E-state index contributed by atoms with van der Waals surface area (Å²) in [5.41, 5.74) is 4.65. The Labute approximate surface area is 171 Å². The molecule has 1 amide bonds. The second kappa shape index (κ2) is 7.53. The first-order chi connectivity index (χ1) is 13.5. The normalized spacial score (nSPS) is 13.2. The van der Waals surface area contributed by atoms with E-state index in [0.29, 0.717) is 31.4 Å². The highest BCUT2D eigenvalue weighted by Crippen LogP contribution is 2.35. The smallest absolute Gasteiger partial charge is 0.339 e. The number of hydrogen-bond acceptors (Lipinski definition) is 6. The molecule has 2 N–H and O–H groups in total. The molecule has 0 unspecified atom stereocenters. The zero-order chi connectivity index (χ0) is 19.7. The lowest BCUT2D eigenvalue weighted by atomic mass is 10.0. The van der Waals surface area contributed by atoms with E-state index in [4.69, 9.17) is 11.6 Å². The van der Waals surface area contributed by atoms with Crippen molar-refractivity contribution < 1.29 is 14.7 Å². The molecule has 28 heavy (non-hydrogen) atoms. The van der Waals surface area contributed by atoms with Gasteiger partial charge >= 0.3 is 5.97 Å². The third kappa shape index (κ3) is 3.54. The average molecular weight is 428 g/mol. The van der Waals surface area contributed by atoms with Crippen molar-refractivity contribution in [1.82, 2.24) is 9.97 Å². The molecule has 0 bridgehead atoms. The molecule has 3 heterocycles. The first-order valence-electron chi connectivity index (χ1n) is 7.90. The minimum atomic E-state index is -1.14. The number of aromatic nitrogens is 2. The van der Waals surface area contributed by atoms with Crippen molar-refractivity contribution in [3.05, 3.63) is 74.9 Å². The van der Waals surface area contributed by atoms with E-state index in [1.54, 1.807) is 48.1 Å². The first kappa shape index (κ1) is 18.3. The number of anilines is 1. The number of carboxylic acids is 1. The number of carbonyl (C=O) groups is 2. The molecule has 0 aliphatic heterocycles. The maximum absolute atomic E-state index is 12.6. The number of thiophene rings is 2. The van der Waals surface area contributed by atoms with Crippen LogP contribution in [0.15, 0.2) is 58.9 Å². The van der Waals surface area contributed by atoms with Crippen LogP contribution in [0.3, 0.4) is 0 Å². The summed E-state index contributed by atoms with van der Waals surface area (Å²) < 4.78 is 0. The molecule has 0 radical (unpaired) electrons. The molecule has 0 spiro atoms. The molecule has 6 nitrogen and oxygen atoms in total. The van der Waals surface area contributed by atoms with E-state index in [-0.39, 0.29) is 10.6 Å². The standard InChI is InChI=1S/C19H10ClN3O3S2/c20-11-3-1-2-10(4-5-11)12-9-27-18(15(12)19(25)26)23-16(24)14-8-13-17(28-14)22-7-6-21-13/h2-9H,(H,23,24)(H,25,26). The number of rotatable bonds is 4. The Hall–Kier alpha value is -3.03. The molecule has 0 fully saturated rings. The number of halogens is 1. The highest BCUT2D eigenvalue weighted by molar-refractivity contribution is 7.20. The van der Waals surface area contributed by atoms with Crippen LogP contribution in [-0.4, -0.2) is 27.0 Å². The summed E-state index contributed by atoms with van der Waals surface area (Å²) in [5.74, 6) is -1.54. The van der Waals surface area contributed by atoms with Crippen LogP contribution in [0, 0.1) is 0 Å². The third-order valence-electron chi connectivity index (χ3n) is 3.81. The van der Waals surface area contributed by atoms with Crippen LogP contribution >= 0.6 is 34.3 Å². The highest BCUT2D eigenvalue weighted by atomic mass is 35.5. The fourth-order valence-corrected chi connectivity index (χ4v) is 4.50. The zero-order valence-electron chi connectivity index (χ0n) is 14.0. The van der Waals surface area contributed by atoms with Crippen LogP contribution in [-0.2, 0) is 0 Å². The van der Waals surface area contributed by atoms with Gasteiger partial charge < -0.3 is 10.4 Å². The second-order valence-corrected chi connectivity index (χ2v) is 7.95. The predicted octanol–water partition coefficient (Wildman–Crippen LogP) is 4.93. The molecule has 0 atom stereocenters. The van der Waals surface area contributed by atoms with Crippen molar-refractivity contribution in [2.75, 3.05) is 5.32 Å². The average Bonchev–Trinajstić information content (AvgIpc) is 3.22. The van der Waals surface area contributed by atoms with Gasteiger partial charge in [0.15, 0.2) is 0 Å². The molecule has 3 aromatic rings. The quantitative estimate of drug-likeness (QED) is 0.575. The monoisotopic (exact) mass is 427 g/mol. The molecule has 0 aromatic carbocycles. The van der Waals surface area contributed by atoms with E-state index >= 15 is 0 Å². The van der Waals surface area contributed by atoms with Crippen LogP contribution in [0.25, 0.3) is 15.9 Å². The number of fused-ring (bicyclic) bond motifs is 1. The fraction of sp³-hybridized carbons (Fsp3) is 0. The number of hydrogen-bond donors (Lipinski definition) is 2. The Bertz CT molecular complexity index is 1210. The van der Waals surface area contributed by atoms with Gasteiger partial charge in [-0.05, 0) is 29.9 Å². The number of allylic oxidation sites excluding steroid dienone is 5. The second-order valence-electron chi connectivity index (χ2n) is 5.60. The topological polar surface area (TPSA) is 92.2 Å². The summed E-state index contributed by atoms with van der Waals surface area (Å²) in [4.78, 5) is 33.9. The van der Waals surface area contributed by atoms with Gasteiger partial charge in [-0.15, -0.1) is 28.4 Å². The Balaban J connectivity index is 1.69. The molecule has 3 aromatic heterocycles. The van der Waals surface area contributed by atoms with Gasteiger partial charge in [-0.2, -0.15) is 0 Å². The number of nitrogens with one attached hydrogen (secondary N) is 1. The Morgan fingerprint density at radius 2 is 2.00 bits per heavy atom. The van der Waals surface area contributed by atoms with Gasteiger partial charge in [0, 0.05) is 28.4 Å². The highest BCUT2D eigenvalue weighted by Gasteiger charge is 2.23. The minimum absolute atomic E-state index is 0.0198. The maximum atomic E-state index is 12.6. The van der Waals surface area contributed by atoms with Crippen molar-refractivity contribution in [3.63, 3.8) is 0 Å². The van der Waals surface area contributed by atoms with Gasteiger partial charge in [-0.25, -0.2) is 9.78 Å². The van der Waals surface area contributed by atoms with Gasteiger partial charge in [0.05, 0.1) is 4.88 Å². The molecule has 0 saturated carbocycles. The molecule has 9 heteroatoms. The summed E-state index contributed by atoms with van der Waals surface area (Å²) in [5, 5.41) is 14.8. The molecule has 1 aliphatic rings. The zero-order valence-corrected chi connectivity index (χ0v) is 16.4. The lowest BCUT2D eigenvalue weighted by Gasteiger charge is -2.05. The van der Waals surface area contributed by atoms with E-state index in [2.05, 4.69) is 21.0 Å². The van der Waals surface area contributed by atoms with Crippen LogP contribution in [0.4, 0.5) is 5.00 Å². The van der Waals surface area contributed by atoms with Gasteiger partial charge in [0.25, 0.3) is 5.91 Å². The molecule has 4 rings (SSSR count). The minimum Gasteiger partial charge on any atom is -0.478 e. The molecule has 0 saturated heterocycles. The number of amides is 1. The number of aromatic carboxylic acids is 1. The van der Waals surface area contributed by atoms with E-state index in [1.807, 2.05) is 0 Å². The molecule has 1 aliphatic carbocycles. The summed E-state index contributed by atoms with van der Waals surface area (Å²) >= 11 is 8.29. The summed E-state index contributed by atoms with van der Waals surface area (Å²) in [7, 11) is 0. The van der Waals surface area contributed by atoms with Crippen LogP contribution in [0.1, 0.15) is 25.6 Å². The lowest BCUT2D eigenvalue weighted by Crippen LogP contribution is -2.12. The number of carboxylic acid groups (broad SMARTS) is 1. The predicted molar refractivity (Wildman–Crippen MR) is 111 cm³/mol. The number of nitrogens with zero attached hydrogens (tertiary/aromatic N) is 2. The Kier molecular flexibility index (Phi) is 4.93.